The van der Waals surface area contributed by atoms with Crippen molar-refractivity contribution in [3.8, 4) is 0 Å². The molecule has 2 heterocycles. The number of rotatable bonds is 7. The monoisotopic (exact) mass is 539 g/mol. The average Bonchev–Trinajstić information content (AvgIpc) is 3.39. The van der Waals surface area contributed by atoms with Gasteiger partial charge in [-0.05, 0) is 40.5 Å². The third kappa shape index (κ3) is 4.59. The number of methoxy groups -OCH3 is 1. The van der Waals surface area contributed by atoms with Crippen LogP contribution >= 0.6 is 0 Å². The molecule has 0 atom stereocenters. The van der Waals surface area contributed by atoms with E-state index in [0.717, 1.165) is 22.3 Å². The van der Waals surface area contributed by atoms with E-state index in [-0.39, 0.29) is 5.56 Å². The predicted molar refractivity (Wildman–Crippen MR) is 159 cm³/mol. The van der Waals surface area contributed by atoms with Crippen molar-refractivity contribution in [2.45, 2.75) is 5.54 Å². The highest BCUT2D eigenvalue weighted by molar-refractivity contribution is 5.98. The van der Waals surface area contributed by atoms with Gasteiger partial charge in [-0.25, -0.2) is 13.9 Å². The molecule has 6 aromatic rings. The first kappa shape index (κ1) is 25.9. The molecule has 0 saturated carbocycles. The molecule has 200 valence electrons. The van der Waals surface area contributed by atoms with E-state index < -0.39 is 17.3 Å². The molecular formula is C35H26FN3O2. The summed E-state index contributed by atoms with van der Waals surface area (Å²) in [5.41, 5.74) is 3.69. The molecule has 6 heteroatoms. The summed E-state index contributed by atoms with van der Waals surface area (Å²) in [5, 5.41) is 5.77. The number of esters is 1. The molecule has 0 radical (unpaired) electrons. The zero-order chi connectivity index (χ0) is 28.2. The van der Waals surface area contributed by atoms with Crippen molar-refractivity contribution in [1.82, 2.24) is 14.8 Å². The van der Waals surface area contributed by atoms with Gasteiger partial charge in [0.1, 0.15) is 11.4 Å². The lowest BCUT2D eigenvalue weighted by Gasteiger charge is -2.37. The highest BCUT2D eigenvalue weighted by Crippen LogP contribution is 2.43. The minimum absolute atomic E-state index is 0.152. The number of benzene rings is 4. The Kier molecular flexibility index (Phi) is 6.96. The molecule has 0 N–H and O–H groups in total. The standard InChI is InChI=1S/C35H26FN3O2/c1-41-34(40)29-22-30-32(20-19-25-12-11-21-37-24-25)38-39(33(30)23-31(29)36)35(26-13-5-2-6-14-26,27-15-7-3-8-16-27)28-17-9-4-10-18-28/h2-24H,1H3/b20-19+. The van der Waals surface area contributed by atoms with Crippen molar-refractivity contribution >= 4 is 29.0 Å². The molecule has 6 rings (SSSR count). The Morgan fingerprint density at radius 1 is 0.805 bits per heavy atom. The summed E-state index contributed by atoms with van der Waals surface area (Å²) >= 11 is 0. The Morgan fingerprint density at radius 3 is 1.90 bits per heavy atom. The molecule has 0 fully saturated rings. The zero-order valence-corrected chi connectivity index (χ0v) is 22.3. The summed E-state index contributed by atoms with van der Waals surface area (Å²) in [6.07, 6.45) is 7.22. The topological polar surface area (TPSA) is 57.0 Å². The lowest BCUT2D eigenvalue weighted by Crippen LogP contribution is -2.38. The Hall–Kier alpha value is -5.36. The fourth-order valence-corrected chi connectivity index (χ4v) is 5.36. The minimum atomic E-state index is -0.971. The van der Waals surface area contributed by atoms with Crippen molar-refractivity contribution < 1.29 is 13.9 Å². The van der Waals surface area contributed by atoms with Crippen LogP contribution in [-0.2, 0) is 10.3 Å². The van der Waals surface area contributed by atoms with E-state index in [0.29, 0.717) is 16.6 Å². The van der Waals surface area contributed by atoms with E-state index in [9.17, 15) is 4.79 Å². The van der Waals surface area contributed by atoms with Crippen molar-refractivity contribution in [3.05, 3.63) is 167 Å². The fraction of sp³-hybridized carbons (Fsp3) is 0.0571. The van der Waals surface area contributed by atoms with E-state index in [1.54, 1.807) is 12.4 Å². The van der Waals surface area contributed by atoms with E-state index in [2.05, 4.69) is 41.4 Å². The Balaban J connectivity index is 1.74. The quantitative estimate of drug-likeness (QED) is 0.157. The van der Waals surface area contributed by atoms with Crippen molar-refractivity contribution in [2.24, 2.45) is 0 Å². The summed E-state index contributed by atoms with van der Waals surface area (Å²) < 4.78 is 22.4. The summed E-state index contributed by atoms with van der Waals surface area (Å²) in [7, 11) is 1.24. The third-order valence-corrected chi connectivity index (χ3v) is 7.21. The zero-order valence-electron chi connectivity index (χ0n) is 22.3. The van der Waals surface area contributed by atoms with Gasteiger partial charge in [0.15, 0.2) is 0 Å². The van der Waals surface area contributed by atoms with Gasteiger partial charge in [0.05, 0.1) is 23.9 Å². The largest absolute Gasteiger partial charge is 0.465 e. The van der Waals surface area contributed by atoms with Crippen molar-refractivity contribution in [2.75, 3.05) is 7.11 Å². The average molecular weight is 540 g/mol. The highest BCUT2D eigenvalue weighted by Gasteiger charge is 2.41. The number of nitrogens with zero attached hydrogens (tertiary/aromatic N) is 3. The maximum absolute atomic E-state index is 15.6. The molecule has 0 saturated heterocycles. The van der Waals surface area contributed by atoms with E-state index in [1.165, 1.54) is 19.2 Å². The van der Waals surface area contributed by atoms with E-state index in [1.807, 2.05) is 83.6 Å². The first-order valence-corrected chi connectivity index (χ1v) is 13.2. The highest BCUT2D eigenvalue weighted by atomic mass is 19.1. The van der Waals surface area contributed by atoms with Crippen LogP contribution in [0.3, 0.4) is 0 Å². The van der Waals surface area contributed by atoms with Gasteiger partial charge in [0, 0.05) is 23.8 Å². The van der Waals surface area contributed by atoms with Crippen LogP contribution in [0.25, 0.3) is 23.1 Å². The van der Waals surface area contributed by atoms with Crippen LogP contribution in [0.4, 0.5) is 4.39 Å². The summed E-state index contributed by atoms with van der Waals surface area (Å²) in [6.45, 7) is 0. The number of pyridine rings is 1. The van der Waals surface area contributed by atoms with Crippen LogP contribution in [0.1, 0.15) is 38.3 Å². The molecule has 0 unspecified atom stereocenters. The van der Waals surface area contributed by atoms with Gasteiger partial charge >= 0.3 is 5.97 Å². The molecule has 41 heavy (non-hydrogen) atoms. The number of fused-ring (bicyclic) bond motifs is 1. The number of hydrogen-bond acceptors (Lipinski definition) is 4. The molecule has 0 amide bonds. The Labute approximate surface area is 237 Å². The second kappa shape index (κ2) is 11.0. The van der Waals surface area contributed by atoms with Crippen molar-refractivity contribution in [3.63, 3.8) is 0 Å². The van der Waals surface area contributed by atoms with Gasteiger partial charge in [0.2, 0.25) is 0 Å². The number of ether oxygens (including phenoxy) is 1. The lowest BCUT2D eigenvalue weighted by atomic mass is 9.77. The molecule has 2 aromatic heterocycles. The second-order valence-electron chi connectivity index (χ2n) is 9.57. The Bertz CT molecular complexity index is 1740. The maximum atomic E-state index is 15.6. The number of hydrogen-bond donors (Lipinski definition) is 0. The molecule has 5 nitrogen and oxygen atoms in total. The third-order valence-electron chi connectivity index (χ3n) is 7.21. The number of aromatic nitrogens is 3. The first-order chi connectivity index (χ1) is 20.1. The summed E-state index contributed by atoms with van der Waals surface area (Å²) in [5.74, 6) is -1.43. The van der Waals surface area contributed by atoms with E-state index in [4.69, 9.17) is 9.84 Å². The number of carbonyl (C=O) groups excluding carboxylic acids is 1. The van der Waals surface area contributed by atoms with Gasteiger partial charge in [-0.1, -0.05) is 103 Å². The van der Waals surface area contributed by atoms with Gasteiger partial charge < -0.3 is 4.74 Å². The van der Waals surface area contributed by atoms with Crippen LogP contribution in [0, 0.1) is 5.82 Å². The Morgan fingerprint density at radius 2 is 1.39 bits per heavy atom. The van der Waals surface area contributed by atoms with Gasteiger partial charge in [-0.3, -0.25) is 4.98 Å². The number of halogens is 1. The number of carbonyl (C=O) groups is 1. The lowest BCUT2D eigenvalue weighted by molar-refractivity contribution is 0.0595. The van der Waals surface area contributed by atoms with Crippen LogP contribution in [0.5, 0.6) is 0 Å². The summed E-state index contributed by atoms with van der Waals surface area (Å²) in [6, 6.07) is 36.8. The van der Waals surface area contributed by atoms with Gasteiger partial charge in [-0.2, -0.15) is 5.10 Å². The predicted octanol–water partition coefficient (Wildman–Crippen LogP) is 7.37. The van der Waals surface area contributed by atoms with Crippen LogP contribution in [-0.4, -0.2) is 27.8 Å². The fourth-order valence-electron chi connectivity index (χ4n) is 5.36. The van der Waals surface area contributed by atoms with Gasteiger partial charge in [-0.15, -0.1) is 0 Å². The molecular weight excluding hydrogens is 513 g/mol. The molecule has 4 aromatic carbocycles. The van der Waals surface area contributed by atoms with Crippen molar-refractivity contribution in [1.29, 1.82) is 0 Å². The normalized spacial score (nSPS) is 11.7. The van der Waals surface area contributed by atoms with Crippen LogP contribution in [0.15, 0.2) is 128 Å². The van der Waals surface area contributed by atoms with Gasteiger partial charge in [0.25, 0.3) is 0 Å². The first-order valence-electron chi connectivity index (χ1n) is 13.2. The summed E-state index contributed by atoms with van der Waals surface area (Å²) in [4.78, 5) is 16.7. The van der Waals surface area contributed by atoms with Crippen LogP contribution in [0.2, 0.25) is 0 Å². The maximum Gasteiger partial charge on any atom is 0.340 e. The smallest absolute Gasteiger partial charge is 0.340 e. The molecule has 0 aliphatic carbocycles. The molecule has 0 aliphatic heterocycles. The molecule has 0 bridgehead atoms. The molecule has 0 spiro atoms. The van der Waals surface area contributed by atoms with Crippen LogP contribution < -0.4 is 0 Å². The minimum Gasteiger partial charge on any atom is -0.465 e. The SMILES string of the molecule is COC(=O)c1cc2c(/C=C/c3cccnc3)nn(C(c3ccccc3)(c3ccccc3)c3ccccc3)c2cc1F. The van der Waals surface area contributed by atoms with E-state index >= 15 is 4.39 Å². The second-order valence-corrected chi connectivity index (χ2v) is 9.57. The molecule has 0 aliphatic rings.